The van der Waals surface area contributed by atoms with Crippen molar-refractivity contribution in [2.45, 2.75) is 59.4 Å². The average Bonchev–Trinajstić information content (AvgIpc) is 3.51. The predicted molar refractivity (Wildman–Crippen MR) is 154 cm³/mol. The van der Waals surface area contributed by atoms with E-state index in [1.807, 2.05) is 51.1 Å². The molecule has 0 bridgehead atoms. The van der Waals surface area contributed by atoms with Gasteiger partial charge in [0.2, 0.25) is 5.89 Å². The number of carbonyl (C=O) groups is 3. The molecule has 2 aromatic carbocycles. The molecule has 0 saturated carbocycles. The van der Waals surface area contributed by atoms with Gasteiger partial charge < -0.3 is 24.1 Å². The molecule has 2 amide bonds. The maximum atomic E-state index is 15.2. The summed E-state index contributed by atoms with van der Waals surface area (Å²) in [5.41, 5.74) is 0.00224. The third-order valence-electron chi connectivity index (χ3n) is 7.52. The molecule has 12 heteroatoms. The van der Waals surface area contributed by atoms with E-state index in [1.165, 1.54) is 11.8 Å². The van der Waals surface area contributed by atoms with E-state index in [1.54, 1.807) is 0 Å². The largest absolute Gasteiger partial charge is 0.465 e. The van der Waals surface area contributed by atoms with Gasteiger partial charge in [-0.05, 0) is 36.1 Å². The molecular weight excluding hydrogens is 579 g/mol. The molecule has 1 aromatic heterocycles. The summed E-state index contributed by atoms with van der Waals surface area (Å²) in [5.74, 6) is -3.67. The normalized spacial score (nSPS) is 18.1. The monoisotopic (exact) mass is 615 g/mol. The molecule has 0 radical (unpaired) electrons. The van der Waals surface area contributed by atoms with Crippen LogP contribution in [0.3, 0.4) is 0 Å². The Bertz CT molecular complexity index is 1510. The molecule has 9 nitrogen and oxygen atoms in total. The van der Waals surface area contributed by atoms with E-state index in [-0.39, 0.29) is 49.0 Å². The van der Waals surface area contributed by atoms with Gasteiger partial charge >= 0.3 is 12.1 Å². The highest BCUT2D eigenvalue weighted by atomic mass is 19.1. The molecule has 0 spiro atoms. The lowest BCUT2D eigenvalue weighted by Gasteiger charge is -2.41. The molecule has 2 heterocycles. The van der Waals surface area contributed by atoms with Gasteiger partial charge in [-0.25, -0.2) is 22.9 Å². The van der Waals surface area contributed by atoms with Crippen LogP contribution in [0.25, 0.3) is 11.5 Å². The van der Waals surface area contributed by atoms with Crippen LogP contribution in [0.5, 0.6) is 0 Å². The minimum Gasteiger partial charge on any atom is -0.465 e. The standard InChI is InChI=1S/C32H36F3N3O6/c1-18(43-19(2)39)30(40)38(16-21-15-37(31(41)42)17-25(21)35)28(32(3,4)5)27-26(13-20-9-7-6-8-10-20)44-29(36-27)23-14-22(33)11-12-24(23)34/h6-12,14,18,21,25,28H,13,15-17H2,1-5H3,(H,41,42)/t18?,21?,25?,28-/m1/s1. The molecule has 1 N–H and O–H groups in total. The number of ether oxygens (including phenoxy) is 1. The van der Waals surface area contributed by atoms with E-state index in [2.05, 4.69) is 4.98 Å². The Morgan fingerprint density at radius 1 is 1.14 bits per heavy atom. The van der Waals surface area contributed by atoms with Crippen LogP contribution in [0.4, 0.5) is 18.0 Å². The van der Waals surface area contributed by atoms with Crippen LogP contribution in [0.2, 0.25) is 0 Å². The van der Waals surface area contributed by atoms with Crippen LogP contribution in [0, 0.1) is 23.0 Å². The average molecular weight is 616 g/mol. The number of hydrogen-bond acceptors (Lipinski definition) is 6. The van der Waals surface area contributed by atoms with E-state index in [4.69, 9.17) is 9.15 Å². The van der Waals surface area contributed by atoms with Gasteiger partial charge in [0.15, 0.2) is 6.10 Å². The molecule has 4 atom stereocenters. The maximum absolute atomic E-state index is 15.2. The first-order valence-corrected chi connectivity index (χ1v) is 14.2. The number of carboxylic acid groups (broad SMARTS) is 1. The van der Waals surface area contributed by atoms with Gasteiger partial charge in [0, 0.05) is 32.4 Å². The summed E-state index contributed by atoms with van der Waals surface area (Å²) in [5, 5.41) is 9.47. The van der Waals surface area contributed by atoms with Gasteiger partial charge in [-0.3, -0.25) is 9.59 Å². The summed E-state index contributed by atoms with van der Waals surface area (Å²) >= 11 is 0. The summed E-state index contributed by atoms with van der Waals surface area (Å²) in [4.78, 5) is 44.3. The number of halogens is 3. The number of rotatable bonds is 9. The summed E-state index contributed by atoms with van der Waals surface area (Å²) in [6.07, 6.45) is -3.94. The zero-order chi connectivity index (χ0) is 32.3. The Labute approximate surface area is 253 Å². The number of oxazole rings is 1. The van der Waals surface area contributed by atoms with E-state index >= 15 is 4.39 Å². The molecule has 1 fully saturated rings. The van der Waals surface area contributed by atoms with E-state index < -0.39 is 59.3 Å². The molecule has 1 aliphatic rings. The molecular formula is C32H36F3N3O6. The van der Waals surface area contributed by atoms with E-state index in [0.717, 1.165) is 35.6 Å². The number of alkyl halides is 1. The Morgan fingerprint density at radius 3 is 2.41 bits per heavy atom. The van der Waals surface area contributed by atoms with Gasteiger partial charge in [0.05, 0.1) is 18.2 Å². The van der Waals surface area contributed by atoms with Crippen LogP contribution >= 0.6 is 0 Å². The summed E-state index contributed by atoms with van der Waals surface area (Å²) in [6, 6.07) is 11.1. The highest BCUT2D eigenvalue weighted by Gasteiger charge is 2.45. The quantitative estimate of drug-likeness (QED) is 0.293. The minimum absolute atomic E-state index is 0.158. The molecule has 44 heavy (non-hydrogen) atoms. The fourth-order valence-corrected chi connectivity index (χ4v) is 5.55. The van der Waals surface area contributed by atoms with Crippen molar-refractivity contribution < 1.29 is 41.8 Å². The lowest BCUT2D eigenvalue weighted by Crippen LogP contribution is -2.49. The van der Waals surface area contributed by atoms with Gasteiger partial charge in [0.25, 0.3) is 5.91 Å². The first kappa shape index (κ1) is 32.6. The van der Waals surface area contributed by atoms with Crippen LogP contribution < -0.4 is 0 Å². The van der Waals surface area contributed by atoms with Crippen molar-refractivity contribution in [1.29, 1.82) is 0 Å². The minimum atomic E-state index is -1.57. The zero-order valence-corrected chi connectivity index (χ0v) is 25.2. The van der Waals surface area contributed by atoms with Crippen molar-refractivity contribution in [1.82, 2.24) is 14.8 Å². The third-order valence-corrected chi connectivity index (χ3v) is 7.52. The molecule has 236 valence electrons. The second-order valence-corrected chi connectivity index (χ2v) is 12.1. The lowest BCUT2D eigenvalue weighted by molar-refractivity contribution is -0.160. The van der Waals surface area contributed by atoms with Crippen LogP contribution in [-0.2, 0) is 20.7 Å². The molecule has 3 aromatic rings. The highest BCUT2D eigenvalue weighted by Crippen LogP contribution is 2.43. The number of aromatic nitrogens is 1. The van der Waals surface area contributed by atoms with Crippen LogP contribution in [0.1, 0.15) is 57.7 Å². The van der Waals surface area contributed by atoms with Gasteiger partial charge in [-0.15, -0.1) is 0 Å². The Balaban J connectivity index is 1.89. The van der Waals surface area contributed by atoms with Gasteiger partial charge in [-0.1, -0.05) is 51.1 Å². The topological polar surface area (TPSA) is 113 Å². The van der Waals surface area contributed by atoms with Crippen molar-refractivity contribution in [3.63, 3.8) is 0 Å². The van der Waals surface area contributed by atoms with Crippen molar-refractivity contribution >= 4 is 18.0 Å². The van der Waals surface area contributed by atoms with Crippen molar-refractivity contribution in [2.24, 2.45) is 11.3 Å². The van der Waals surface area contributed by atoms with E-state index in [9.17, 15) is 28.3 Å². The second-order valence-electron chi connectivity index (χ2n) is 12.1. The Morgan fingerprint density at radius 2 is 1.82 bits per heavy atom. The molecule has 0 aliphatic carbocycles. The molecule has 3 unspecified atom stereocenters. The lowest BCUT2D eigenvalue weighted by atomic mass is 9.81. The molecule has 1 aliphatic heterocycles. The predicted octanol–water partition coefficient (Wildman–Crippen LogP) is 6.03. The van der Waals surface area contributed by atoms with Crippen LogP contribution in [-0.4, -0.2) is 69.8 Å². The fraction of sp³-hybridized carbons (Fsp3) is 0.438. The first-order chi connectivity index (χ1) is 20.6. The van der Waals surface area contributed by atoms with Gasteiger partial charge in [0.1, 0.15) is 29.3 Å². The molecule has 4 rings (SSSR count). The first-order valence-electron chi connectivity index (χ1n) is 14.2. The summed E-state index contributed by atoms with van der Waals surface area (Å²) in [7, 11) is 0. The number of hydrogen-bond donors (Lipinski definition) is 1. The summed E-state index contributed by atoms with van der Waals surface area (Å²) < 4.78 is 55.7. The number of esters is 1. The SMILES string of the molecule is CC(=O)OC(C)C(=O)N(CC1CN(C(=O)O)CC1F)[C@H](c1nc(-c2cc(F)ccc2F)oc1Cc1ccccc1)C(C)(C)C. The van der Waals surface area contributed by atoms with Crippen molar-refractivity contribution in [2.75, 3.05) is 19.6 Å². The maximum Gasteiger partial charge on any atom is 0.407 e. The third kappa shape index (κ3) is 7.40. The summed E-state index contributed by atoms with van der Waals surface area (Å²) in [6.45, 7) is 7.27. The number of likely N-dealkylation sites (tertiary alicyclic amines) is 1. The Kier molecular flexibility index (Phi) is 9.70. The Hall–Kier alpha value is -4.35. The van der Waals surface area contributed by atoms with E-state index in [0.29, 0.717) is 0 Å². The number of benzene rings is 2. The number of nitrogens with zero attached hydrogens (tertiary/aromatic N) is 3. The number of carbonyl (C=O) groups excluding carboxylic acids is 2. The highest BCUT2D eigenvalue weighted by molar-refractivity contribution is 5.83. The van der Waals surface area contributed by atoms with Crippen molar-refractivity contribution in [3.8, 4) is 11.5 Å². The zero-order valence-electron chi connectivity index (χ0n) is 25.2. The fourth-order valence-electron chi connectivity index (χ4n) is 5.55. The van der Waals surface area contributed by atoms with Gasteiger partial charge in [-0.2, -0.15) is 0 Å². The number of amides is 2. The smallest absolute Gasteiger partial charge is 0.407 e. The second kappa shape index (κ2) is 13.1. The van der Waals surface area contributed by atoms with Crippen LogP contribution in [0.15, 0.2) is 52.9 Å². The van der Waals surface area contributed by atoms with Crippen molar-refractivity contribution in [3.05, 3.63) is 77.2 Å². The molecule has 1 saturated heterocycles.